The van der Waals surface area contributed by atoms with Gasteiger partial charge >= 0.3 is 0 Å². The molecule has 3 rings (SSSR count). The summed E-state index contributed by atoms with van der Waals surface area (Å²) in [5, 5.41) is 5.59. The molecule has 27 heavy (non-hydrogen) atoms. The summed E-state index contributed by atoms with van der Waals surface area (Å²) in [4.78, 5) is 24.4. The van der Waals surface area contributed by atoms with Crippen molar-refractivity contribution < 1.29 is 23.8 Å². The van der Waals surface area contributed by atoms with E-state index in [9.17, 15) is 9.59 Å². The maximum absolute atomic E-state index is 12.6. The lowest BCUT2D eigenvalue weighted by Crippen LogP contribution is -2.34. The van der Waals surface area contributed by atoms with Crippen LogP contribution in [0.4, 0.5) is 11.4 Å². The summed E-state index contributed by atoms with van der Waals surface area (Å²) in [7, 11) is 1.58. The van der Waals surface area contributed by atoms with Gasteiger partial charge in [0.2, 0.25) is 0 Å². The number of fused-ring (bicyclic) bond motifs is 1. The van der Waals surface area contributed by atoms with E-state index in [2.05, 4.69) is 10.6 Å². The van der Waals surface area contributed by atoms with Crippen molar-refractivity contribution in [1.82, 2.24) is 0 Å². The minimum atomic E-state index is -0.541. The van der Waals surface area contributed by atoms with E-state index in [1.807, 2.05) is 6.92 Å². The zero-order valence-electron chi connectivity index (χ0n) is 15.5. The second-order valence-electron chi connectivity index (χ2n) is 6.08. The number of amides is 2. The predicted octanol–water partition coefficient (Wildman–Crippen LogP) is 3.20. The Morgan fingerprint density at radius 2 is 2.07 bits per heavy atom. The number of hydrogen-bond donors (Lipinski definition) is 2. The Hall–Kier alpha value is -3.06. The van der Waals surface area contributed by atoms with Crippen molar-refractivity contribution in [2.45, 2.75) is 26.6 Å². The van der Waals surface area contributed by atoms with E-state index in [0.717, 1.165) is 5.56 Å². The van der Waals surface area contributed by atoms with Gasteiger partial charge in [0.15, 0.2) is 6.10 Å². The second-order valence-corrected chi connectivity index (χ2v) is 6.08. The number of methoxy groups -OCH3 is 1. The van der Waals surface area contributed by atoms with Gasteiger partial charge in [-0.3, -0.25) is 9.59 Å². The van der Waals surface area contributed by atoms with E-state index >= 15 is 0 Å². The number of nitrogens with one attached hydrogen (secondary N) is 2. The summed E-state index contributed by atoms with van der Waals surface area (Å²) < 4.78 is 16.3. The number of benzene rings is 2. The number of carbonyl (C=O) groups is 2. The molecular weight excluding hydrogens is 348 g/mol. The highest BCUT2D eigenvalue weighted by molar-refractivity contribution is 6.05. The van der Waals surface area contributed by atoms with E-state index in [4.69, 9.17) is 14.2 Å². The second kappa shape index (κ2) is 8.09. The van der Waals surface area contributed by atoms with Crippen LogP contribution in [0.15, 0.2) is 36.4 Å². The fourth-order valence-electron chi connectivity index (χ4n) is 2.73. The smallest absolute Gasteiger partial charge is 0.265 e. The molecule has 2 aromatic rings. The van der Waals surface area contributed by atoms with Gasteiger partial charge in [-0.25, -0.2) is 0 Å². The average molecular weight is 370 g/mol. The molecule has 0 unspecified atom stereocenters. The summed E-state index contributed by atoms with van der Waals surface area (Å²) in [6.45, 7) is 4.52. The number of rotatable bonds is 6. The van der Waals surface area contributed by atoms with Crippen LogP contribution in [0.2, 0.25) is 0 Å². The quantitative estimate of drug-likeness (QED) is 0.816. The normalized spacial score (nSPS) is 15.4. The monoisotopic (exact) mass is 370 g/mol. The summed E-state index contributed by atoms with van der Waals surface area (Å²) in [5.74, 6) is 0.750. The molecule has 0 spiro atoms. The lowest BCUT2D eigenvalue weighted by molar-refractivity contribution is -0.122. The fraction of sp³-hybridized carbons (Fsp3) is 0.300. The third-order valence-electron chi connectivity index (χ3n) is 4.17. The number of hydrogen-bond acceptors (Lipinski definition) is 5. The summed E-state index contributed by atoms with van der Waals surface area (Å²) >= 11 is 0. The lowest BCUT2D eigenvalue weighted by atomic mass is 10.1. The molecule has 0 aromatic heterocycles. The first-order chi connectivity index (χ1) is 13.0. The van der Waals surface area contributed by atoms with Gasteiger partial charge in [0, 0.05) is 23.4 Å². The average Bonchev–Trinajstić information content (AvgIpc) is 2.67. The Kier molecular flexibility index (Phi) is 5.61. The summed E-state index contributed by atoms with van der Waals surface area (Å²) in [6, 6.07) is 10.3. The van der Waals surface area contributed by atoms with Crippen LogP contribution in [-0.4, -0.2) is 31.6 Å². The van der Waals surface area contributed by atoms with E-state index in [-0.39, 0.29) is 11.8 Å². The van der Waals surface area contributed by atoms with Crippen molar-refractivity contribution in [2.75, 3.05) is 24.4 Å². The van der Waals surface area contributed by atoms with Gasteiger partial charge in [0.25, 0.3) is 11.8 Å². The highest BCUT2D eigenvalue weighted by atomic mass is 16.5. The van der Waals surface area contributed by atoms with Gasteiger partial charge in [-0.2, -0.15) is 0 Å². The first-order valence-electron chi connectivity index (χ1n) is 8.69. The maximum atomic E-state index is 12.6. The molecule has 142 valence electrons. The lowest BCUT2D eigenvalue weighted by Gasteiger charge is -2.23. The van der Waals surface area contributed by atoms with Crippen LogP contribution in [0.5, 0.6) is 11.5 Å². The van der Waals surface area contributed by atoms with E-state index < -0.39 is 6.10 Å². The molecule has 7 nitrogen and oxygen atoms in total. The van der Waals surface area contributed by atoms with Gasteiger partial charge in [-0.1, -0.05) is 0 Å². The highest BCUT2D eigenvalue weighted by Crippen LogP contribution is 2.32. The maximum Gasteiger partial charge on any atom is 0.265 e. The minimum Gasteiger partial charge on any atom is -0.496 e. The first-order valence-corrected chi connectivity index (χ1v) is 8.69. The third-order valence-corrected chi connectivity index (χ3v) is 4.17. The third kappa shape index (κ3) is 4.20. The highest BCUT2D eigenvalue weighted by Gasteiger charge is 2.23. The van der Waals surface area contributed by atoms with Crippen LogP contribution in [0, 0.1) is 0 Å². The minimum absolute atomic E-state index is 0.221. The molecule has 2 aromatic carbocycles. The Morgan fingerprint density at radius 3 is 2.81 bits per heavy atom. The van der Waals surface area contributed by atoms with Gasteiger partial charge in [-0.05, 0) is 50.2 Å². The molecule has 0 saturated carbocycles. The van der Waals surface area contributed by atoms with Crippen molar-refractivity contribution in [2.24, 2.45) is 0 Å². The van der Waals surface area contributed by atoms with Crippen LogP contribution >= 0.6 is 0 Å². The van der Waals surface area contributed by atoms with E-state index in [0.29, 0.717) is 41.7 Å². The van der Waals surface area contributed by atoms with Crippen LogP contribution < -0.4 is 20.1 Å². The zero-order valence-corrected chi connectivity index (χ0v) is 15.5. The largest absolute Gasteiger partial charge is 0.496 e. The Labute approximate surface area is 157 Å². The molecular formula is C20H22N2O5. The Morgan fingerprint density at radius 1 is 1.26 bits per heavy atom. The molecule has 7 heteroatoms. The molecule has 1 heterocycles. The summed E-state index contributed by atoms with van der Waals surface area (Å²) in [5.41, 5.74) is 2.37. The molecule has 0 saturated heterocycles. The van der Waals surface area contributed by atoms with Gasteiger partial charge in [0.05, 0.1) is 19.4 Å². The van der Waals surface area contributed by atoms with Gasteiger partial charge in [-0.15, -0.1) is 0 Å². The van der Waals surface area contributed by atoms with Crippen molar-refractivity contribution in [3.8, 4) is 11.5 Å². The van der Waals surface area contributed by atoms with Crippen molar-refractivity contribution in [3.63, 3.8) is 0 Å². The molecule has 0 aliphatic carbocycles. The molecule has 1 aliphatic rings. The molecule has 0 radical (unpaired) electrons. The van der Waals surface area contributed by atoms with E-state index in [1.165, 1.54) is 0 Å². The van der Waals surface area contributed by atoms with Gasteiger partial charge in [0.1, 0.15) is 11.5 Å². The van der Waals surface area contributed by atoms with Crippen molar-refractivity contribution >= 4 is 23.2 Å². The Bertz CT molecular complexity index is 865. The SMILES string of the molecule is CCOCc1cc(C(=O)Nc2ccc3c(c2)NC(=O)[C@H](C)O3)ccc1OC. The molecule has 2 amide bonds. The first kappa shape index (κ1) is 18.7. The molecule has 1 aliphatic heterocycles. The molecule has 1 atom stereocenters. The van der Waals surface area contributed by atoms with Crippen molar-refractivity contribution in [3.05, 3.63) is 47.5 Å². The number of ether oxygens (including phenoxy) is 3. The number of carbonyl (C=O) groups excluding carboxylic acids is 2. The number of anilines is 2. The standard InChI is InChI=1S/C20H22N2O5/c1-4-26-11-14-9-13(5-7-17(14)25-3)20(24)21-15-6-8-18-16(10-15)22-19(23)12(2)27-18/h5-10,12H,4,11H2,1-3H3,(H,21,24)(H,22,23)/t12-/m0/s1. The summed E-state index contributed by atoms with van der Waals surface area (Å²) in [6.07, 6.45) is -0.541. The topological polar surface area (TPSA) is 85.9 Å². The van der Waals surface area contributed by atoms with Crippen LogP contribution in [0.1, 0.15) is 29.8 Å². The molecule has 0 fully saturated rings. The fourth-order valence-corrected chi connectivity index (χ4v) is 2.73. The van der Waals surface area contributed by atoms with E-state index in [1.54, 1.807) is 50.4 Å². The van der Waals surface area contributed by atoms with Crippen LogP contribution in [0.25, 0.3) is 0 Å². The Balaban J connectivity index is 1.77. The van der Waals surface area contributed by atoms with Crippen LogP contribution in [-0.2, 0) is 16.1 Å². The molecule has 2 N–H and O–H groups in total. The molecule has 0 bridgehead atoms. The predicted molar refractivity (Wildman–Crippen MR) is 101 cm³/mol. The zero-order chi connectivity index (χ0) is 19.4. The van der Waals surface area contributed by atoms with Gasteiger partial charge < -0.3 is 24.8 Å². The van der Waals surface area contributed by atoms with Crippen LogP contribution in [0.3, 0.4) is 0 Å². The van der Waals surface area contributed by atoms with Crippen molar-refractivity contribution in [1.29, 1.82) is 0 Å².